The fourth-order valence-electron chi connectivity index (χ4n) is 2.33. The molecule has 0 bridgehead atoms. The fourth-order valence-corrected chi connectivity index (χ4v) is 2.33. The monoisotopic (exact) mass is 236 g/mol. The van der Waals surface area contributed by atoms with E-state index in [2.05, 4.69) is 33.8 Å². The van der Waals surface area contributed by atoms with Gasteiger partial charge in [-0.1, -0.05) is 27.7 Å². The molecule has 0 N–H and O–H groups in total. The summed E-state index contributed by atoms with van der Waals surface area (Å²) < 4.78 is 0. The molecule has 1 saturated carbocycles. The van der Waals surface area contributed by atoms with Crippen LogP contribution in [0.25, 0.3) is 0 Å². The van der Waals surface area contributed by atoms with Gasteiger partial charge in [-0.25, -0.2) is 0 Å². The highest BCUT2D eigenvalue weighted by Gasteiger charge is 2.46. The SMILES string of the molecule is CC(C)CN(CC(C)C)C(=O)C1(C#N)CCC1. The van der Waals surface area contributed by atoms with Gasteiger partial charge in [-0.15, -0.1) is 0 Å². The molecule has 0 radical (unpaired) electrons. The van der Waals surface area contributed by atoms with Crippen LogP contribution in [-0.4, -0.2) is 23.9 Å². The lowest BCUT2D eigenvalue weighted by Crippen LogP contribution is -2.49. The van der Waals surface area contributed by atoms with Crippen molar-refractivity contribution >= 4 is 5.91 Å². The van der Waals surface area contributed by atoms with E-state index in [-0.39, 0.29) is 5.91 Å². The number of carbonyl (C=O) groups is 1. The lowest BCUT2D eigenvalue weighted by Gasteiger charge is -2.39. The summed E-state index contributed by atoms with van der Waals surface area (Å²) in [4.78, 5) is 14.4. The molecular formula is C14H24N2O. The van der Waals surface area contributed by atoms with Gasteiger partial charge in [-0.05, 0) is 31.1 Å². The van der Waals surface area contributed by atoms with Crippen molar-refractivity contribution in [2.24, 2.45) is 17.3 Å². The van der Waals surface area contributed by atoms with Crippen molar-refractivity contribution in [2.45, 2.75) is 47.0 Å². The number of hydrogen-bond donors (Lipinski definition) is 0. The Morgan fingerprint density at radius 1 is 1.24 bits per heavy atom. The van der Waals surface area contributed by atoms with E-state index in [1.165, 1.54) is 0 Å². The molecule has 0 aliphatic heterocycles. The Kier molecular flexibility index (Phi) is 4.56. The van der Waals surface area contributed by atoms with Gasteiger partial charge in [0.2, 0.25) is 5.91 Å². The van der Waals surface area contributed by atoms with Crippen LogP contribution in [0.2, 0.25) is 0 Å². The van der Waals surface area contributed by atoms with Crippen LogP contribution in [0.3, 0.4) is 0 Å². The van der Waals surface area contributed by atoms with Gasteiger partial charge in [-0.2, -0.15) is 5.26 Å². The van der Waals surface area contributed by atoms with Crippen molar-refractivity contribution in [3.8, 4) is 6.07 Å². The minimum atomic E-state index is -0.691. The Bertz CT molecular complexity index is 301. The first kappa shape index (κ1) is 14.0. The quantitative estimate of drug-likeness (QED) is 0.736. The average molecular weight is 236 g/mol. The molecule has 17 heavy (non-hydrogen) atoms. The van der Waals surface area contributed by atoms with Gasteiger partial charge in [-0.3, -0.25) is 4.79 Å². The highest BCUT2D eigenvalue weighted by molar-refractivity contribution is 5.86. The van der Waals surface area contributed by atoms with E-state index in [1.807, 2.05) is 4.90 Å². The minimum Gasteiger partial charge on any atom is -0.341 e. The molecule has 1 amide bonds. The van der Waals surface area contributed by atoms with Crippen LogP contribution in [-0.2, 0) is 4.79 Å². The van der Waals surface area contributed by atoms with Crippen molar-refractivity contribution in [3.63, 3.8) is 0 Å². The van der Waals surface area contributed by atoms with E-state index in [4.69, 9.17) is 0 Å². The second-order valence-electron chi connectivity index (χ2n) is 6.05. The normalized spacial score (nSPS) is 17.7. The maximum atomic E-state index is 12.5. The molecular weight excluding hydrogens is 212 g/mol. The van der Waals surface area contributed by atoms with Crippen molar-refractivity contribution in [2.75, 3.05) is 13.1 Å². The molecule has 0 aromatic heterocycles. The number of amides is 1. The fraction of sp³-hybridized carbons (Fsp3) is 0.857. The van der Waals surface area contributed by atoms with Crippen LogP contribution >= 0.6 is 0 Å². The summed E-state index contributed by atoms with van der Waals surface area (Å²) in [6.45, 7) is 9.97. The van der Waals surface area contributed by atoms with Gasteiger partial charge >= 0.3 is 0 Å². The molecule has 1 rings (SSSR count). The molecule has 0 aromatic carbocycles. The van der Waals surface area contributed by atoms with Gasteiger partial charge in [0.1, 0.15) is 5.41 Å². The van der Waals surface area contributed by atoms with Crippen molar-refractivity contribution in [3.05, 3.63) is 0 Å². The summed E-state index contributed by atoms with van der Waals surface area (Å²) in [6, 6.07) is 2.25. The molecule has 3 heteroatoms. The van der Waals surface area contributed by atoms with Gasteiger partial charge in [0.05, 0.1) is 6.07 Å². The standard InChI is InChI=1S/C14H24N2O/c1-11(2)8-16(9-12(3)4)13(17)14(10-15)6-5-7-14/h11-12H,5-9H2,1-4H3. The zero-order valence-electron chi connectivity index (χ0n) is 11.5. The molecule has 96 valence electrons. The Hall–Kier alpha value is -1.04. The zero-order valence-corrected chi connectivity index (χ0v) is 11.5. The van der Waals surface area contributed by atoms with Gasteiger partial charge in [0.15, 0.2) is 0 Å². The second-order valence-corrected chi connectivity index (χ2v) is 6.05. The number of rotatable bonds is 5. The van der Waals surface area contributed by atoms with Crippen molar-refractivity contribution < 1.29 is 4.79 Å². The van der Waals surface area contributed by atoms with Crippen LogP contribution < -0.4 is 0 Å². The molecule has 0 atom stereocenters. The molecule has 1 fully saturated rings. The molecule has 1 aliphatic carbocycles. The minimum absolute atomic E-state index is 0.0636. The Balaban J connectivity index is 2.75. The number of nitrogens with zero attached hydrogens (tertiary/aromatic N) is 2. The highest BCUT2D eigenvalue weighted by Crippen LogP contribution is 2.42. The summed E-state index contributed by atoms with van der Waals surface area (Å²) in [7, 11) is 0. The van der Waals surface area contributed by atoms with Gasteiger partial charge < -0.3 is 4.90 Å². The summed E-state index contributed by atoms with van der Waals surface area (Å²) in [5.74, 6) is 0.968. The predicted octanol–water partition coefficient (Wildman–Crippen LogP) is 2.82. The van der Waals surface area contributed by atoms with Crippen LogP contribution in [0.4, 0.5) is 0 Å². The third-order valence-corrected chi connectivity index (χ3v) is 3.29. The molecule has 0 saturated heterocycles. The van der Waals surface area contributed by atoms with Crippen LogP contribution in [0, 0.1) is 28.6 Å². The van der Waals surface area contributed by atoms with E-state index in [0.717, 1.165) is 32.4 Å². The first-order chi connectivity index (χ1) is 7.91. The summed E-state index contributed by atoms with van der Waals surface area (Å²) >= 11 is 0. The largest absolute Gasteiger partial charge is 0.341 e. The summed E-state index contributed by atoms with van der Waals surface area (Å²) in [5, 5.41) is 9.23. The Morgan fingerprint density at radius 2 is 1.71 bits per heavy atom. The Morgan fingerprint density at radius 3 is 1.94 bits per heavy atom. The topological polar surface area (TPSA) is 44.1 Å². The van der Waals surface area contributed by atoms with E-state index >= 15 is 0 Å². The van der Waals surface area contributed by atoms with Crippen LogP contribution in [0.1, 0.15) is 47.0 Å². The smallest absolute Gasteiger partial charge is 0.243 e. The zero-order chi connectivity index (χ0) is 13.1. The Labute approximate surface area is 105 Å². The van der Waals surface area contributed by atoms with E-state index in [9.17, 15) is 10.1 Å². The molecule has 0 unspecified atom stereocenters. The third kappa shape index (κ3) is 3.21. The maximum absolute atomic E-state index is 12.5. The number of hydrogen-bond acceptors (Lipinski definition) is 2. The lowest BCUT2D eigenvalue weighted by atomic mass is 9.69. The van der Waals surface area contributed by atoms with Crippen molar-refractivity contribution in [1.82, 2.24) is 4.90 Å². The first-order valence-electron chi connectivity index (χ1n) is 6.62. The van der Waals surface area contributed by atoms with E-state index in [0.29, 0.717) is 11.8 Å². The highest BCUT2D eigenvalue weighted by atomic mass is 16.2. The molecule has 0 heterocycles. The molecule has 1 aliphatic rings. The van der Waals surface area contributed by atoms with Crippen LogP contribution in [0.15, 0.2) is 0 Å². The third-order valence-electron chi connectivity index (χ3n) is 3.29. The summed E-state index contributed by atoms with van der Waals surface area (Å²) in [6.07, 6.45) is 2.50. The molecule has 0 aromatic rings. The number of nitriles is 1. The molecule has 3 nitrogen and oxygen atoms in total. The number of carbonyl (C=O) groups excluding carboxylic acids is 1. The first-order valence-corrected chi connectivity index (χ1v) is 6.62. The molecule has 0 spiro atoms. The average Bonchev–Trinajstić information content (AvgIpc) is 2.14. The predicted molar refractivity (Wildman–Crippen MR) is 68.2 cm³/mol. The summed E-state index contributed by atoms with van der Waals surface area (Å²) in [5.41, 5.74) is -0.691. The van der Waals surface area contributed by atoms with Gasteiger partial charge in [0.25, 0.3) is 0 Å². The maximum Gasteiger partial charge on any atom is 0.243 e. The lowest BCUT2D eigenvalue weighted by molar-refractivity contribution is -0.144. The second kappa shape index (κ2) is 5.53. The van der Waals surface area contributed by atoms with E-state index in [1.54, 1.807) is 0 Å². The van der Waals surface area contributed by atoms with E-state index < -0.39 is 5.41 Å². The van der Waals surface area contributed by atoms with Crippen LogP contribution in [0.5, 0.6) is 0 Å². The van der Waals surface area contributed by atoms with Crippen molar-refractivity contribution in [1.29, 1.82) is 5.26 Å². The van der Waals surface area contributed by atoms with Gasteiger partial charge in [0, 0.05) is 13.1 Å².